The summed E-state index contributed by atoms with van der Waals surface area (Å²) in [5.74, 6) is 2.38. The summed E-state index contributed by atoms with van der Waals surface area (Å²) < 4.78 is 22.5. The number of amides is 1. The molecule has 0 aliphatic heterocycles. The second-order valence-corrected chi connectivity index (χ2v) is 7.57. The molecule has 0 saturated carbocycles. The Labute approximate surface area is 191 Å². The van der Waals surface area contributed by atoms with Crippen molar-refractivity contribution in [2.24, 2.45) is 5.10 Å². The number of hydrogen-bond acceptors (Lipinski definition) is 7. The van der Waals surface area contributed by atoms with Crippen LogP contribution in [0, 0.1) is 0 Å². The predicted octanol–water partition coefficient (Wildman–Crippen LogP) is 4.31. The highest BCUT2D eigenvalue weighted by molar-refractivity contribution is 7.10. The molecular weight excluding hydrogens is 428 g/mol. The van der Waals surface area contributed by atoms with E-state index in [1.807, 2.05) is 66.9 Å². The van der Waals surface area contributed by atoms with Gasteiger partial charge in [-0.25, -0.2) is 5.43 Å². The summed E-state index contributed by atoms with van der Waals surface area (Å²) >= 11 is 1.54. The van der Waals surface area contributed by atoms with E-state index in [-0.39, 0.29) is 5.91 Å². The molecule has 0 aliphatic carbocycles. The third kappa shape index (κ3) is 7.02. The average molecular weight is 455 g/mol. The molecule has 0 spiro atoms. The van der Waals surface area contributed by atoms with Crippen molar-refractivity contribution in [1.29, 1.82) is 0 Å². The van der Waals surface area contributed by atoms with Crippen LogP contribution in [0.5, 0.6) is 23.0 Å². The Kier molecular flexibility index (Phi) is 8.94. The fourth-order valence-corrected chi connectivity index (χ4v) is 3.53. The minimum Gasteiger partial charge on any atom is -0.493 e. The van der Waals surface area contributed by atoms with Gasteiger partial charge in [0, 0.05) is 4.88 Å². The zero-order chi connectivity index (χ0) is 22.6. The lowest BCUT2D eigenvalue weighted by molar-refractivity contribution is -0.120. The number of carbonyl (C=O) groups excluding carboxylic acids is 1. The van der Waals surface area contributed by atoms with E-state index in [1.54, 1.807) is 24.7 Å². The van der Waals surface area contributed by atoms with E-state index in [1.165, 1.54) is 0 Å². The van der Waals surface area contributed by atoms with Crippen LogP contribution in [-0.2, 0) is 11.2 Å². The Bertz CT molecular complexity index is 1020. The normalized spacial score (nSPS) is 10.7. The highest BCUT2D eigenvalue weighted by Gasteiger charge is 2.08. The first-order valence-electron chi connectivity index (χ1n) is 10.2. The van der Waals surface area contributed by atoms with Crippen LogP contribution in [0.3, 0.4) is 0 Å². The Morgan fingerprint density at radius 1 is 0.969 bits per heavy atom. The molecule has 8 heteroatoms. The fraction of sp³-hybridized carbons (Fsp3) is 0.250. The first kappa shape index (κ1) is 23.1. The van der Waals surface area contributed by atoms with Crippen molar-refractivity contribution in [3.63, 3.8) is 0 Å². The number of thiophene rings is 1. The van der Waals surface area contributed by atoms with Gasteiger partial charge in [-0.3, -0.25) is 4.79 Å². The zero-order valence-electron chi connectivity index (χ0n) is 18.1. The number of ether oxygens (including phenoxy) is 4. The van der Waals surface area contributed by atoms with Crippen LogP contribution in [0.4, 0.5) is 0 Å². The molecular formula is C24H26N2O5S. The summed E-state index contributed by atoms with van der Waals surface area (Å²) in [4.78, 5) is 12.9. The number of rotatable bonds is 12. The number of hydrogen-bond donors (Lipinski definition) is 1. The molecule has 7 nitrogen and oxygen atoms in total. The van der Waals surface area contributed by atoms with E-state index >= 15 is 0 Å². The highest BCUT2D eigenvalue weighted by Crippen LogP contribution is 2.29. The van der Waals surface area contributed by atoms with Crippen molar-refractivity contribution >= 4 is 23.5 Å². The lowest BCUT2D eigenvalue weighted by Gasteiger charge is -2.14. The summed E-state index contributed by atoms with van der Waals surface area (Å²) in [6, 6.07) is 16.8. The van der Waals surface area contributed by atoms with E-state index in [9.17, 15) is 4.79 Å². The Hall–Kier alpha value is -3.52. The highest BCUT2D eigenvalue weighted by atomic mass is 32.1. The second-order valence-electron chi connectivity index (χ2n) is 6.54. The molecule has 0 radical (unpaired) electrons. The van der Waals surface area contributed by atoms with Gasteiger partial charge >= 0.3 is 0 Å². The van der Waals surface area contributed by atoms with Crippen LogP contribution in [0.25, 0.3) is 0 Å². The topological polar surface area (TPSA) is 78.4 Å². The molecule has 0 unspecified atom stereocenters. The van der Waals surface area contributed by atoms with Gasteiger partial charge in [0.15, 0.2) is 23.0 Å². The monoisotopic (exact) mass is 454 g/mol. The first-order valence-corrected chi connectivity index (χ1v) is 11.1. The van der Waals surface area contributed by atoms with Crippen molar-refractivity contribution in [1.82, 2.24) is 5.43 Å². The van der Waals surface area contributed by atoms with Gasteiger partial charge in [-0.05, 0) is 54.3 Å². The molecule has 32 heavy (non-hydrogen) atoms. The molecule has 1 aromatic heterocycles. The summed E-state index contributed by atoms with van der Waals surface area (Å²) in [7, 11) is 1.60. The second kappa shape index (κ2) is 12.4. The van der Waals surface area contributed by atoms with Crippen LogP contribution >= 0.6 is 11.3 Å². The third-order valence-electron chi connectivity index (χ3n) is 4.25. The van der Waals surface area contributed by atoms with Crippen LogP contribution in [0.2, 0.25) is 0 Å². The molecule has 0 aliphatic rings. The van der Waals surface area contributed by atoms with Gasteiger partial charge in [-0.2, -0.15) is 5.10 Å². The molecule has 0 atom stereocenters. The Morgan fingerprint density at radius 2 is 1.72 bits per heavy atom. The van der Waals surface area contributed by atoms with Crippen molar-refractivity contribution in [3.8, 4) is 23.0 Å². The van der Waals surface area contributed by atoms with Gasteiger partial charge < -0.3 is 18.9 Å². The quantitative estimate of drug-likeness (QED) is 0.251. The van der Waals surface area contributed by atoms with Crippen LogP contribution in [0.15, 0.2) is 65.1 Å². The van der Waals surface area contributed by atoms with E-state index in [2.05, 4.69) is 10.5 Å². The number of benzene rings is 2. The van der Waals surface area contributed by atoms with Gasteiger partial charge in [0.05, 0.1) is 26.4 Å². The number of nitrogens with one attached hydrogen (secondary N) is 1. The maximum Gasteiger partial charge on any atom is 0.245 e. The van der Waals surface area contributed by atoms with Gasteiger partial charge in [-0.15, -0.1) is 11.3 Å². The molecule has 0 bridgehead atoms. The van der Waals surface area contributed by atoms with Crippen LogP contribution < -0.4 is 24.4 Å². The molecule has 1 amide bonds. The summed E-state index contributed by atoms with van der Waals surface area (Å²) in [6.45, 7) is 3.09. The zero-order valence-corrected chi connectivity index (χ0v) is 18.9. The Morgan fingerprint density at radius 3 is 2.41 bits per heavy atom. The SMILES string of the molecule is CCOc1cc(/C=N\NC(=O)Cc2cccs2)ccc1OCCOc1ccccc1OC. The smallest absolute Gasteiger partial charge is 0.245 e. The van der Waals surface area contributed by atoms with E-state index in [0.29, 0.717) is 49.2 Å². The lowest BCUT2D eigenvalue weighted by atomic mass is 10.2. The molecule has 0 saturated heterocycles. The maximum absolute atomic E-state index is 11.9. The Balaban J connectivity index is 1.52. The number of para-hydroxylation sites is 2. The molecule has 1 N–H and O–H groups in total. The maximum atomic E-state index is 11.9. The van der Waals surface area contributed by atoms with Gasteiger partial charge in [0.2, 0.25) is 5.91 Å². The van der Waals surface area contributed by atoms with Gasteiger partial charge in [0.1, 0.15) is 13.2 Å². The molecule has 2 aromatic carbocycles. The minimum atomic E-state index is -0.163. The number of methoxy groups -OCH3 is 1. The number of nitrogens with zero attached hydrogens (tertiary/aromatic N) is 1. The van der Waals surface area contributed by atoms with Crippen molar-refractivity contribution in [2.45, 2.75) is 13.3 Å². The predicted molar refractivity (Wildman–Crippen MR) is 125 cm³/mol. The van der Waals surface area contributed by atoms with Gasteiger partial charge in [0.25, 0.3) is 0 Å². The average Bonchev–Trinajstić information content (AvgIpc) is 3.31. The standard InChI is InChI=1S/C24H26N2O5S/c1-3-29-23-15-18(17-25-26-24(27)16-19-7-6-14-32-19)10-11-22(23)31-13-12-30-21-9-5-4-8-20(21)28-2/h4-11,14-15,17H,3,12-13,16H2,1-2H3,(H,26,27)/b25-17-. The summed E-state index contributed by atoms with van der Waals surface area (Å²) in [5, 5.41) is 5.97. The summed E-state index contributed by atoms with van der Waals surface area (Å²) in [5.41, 5.74) is 3.32. The van der Waals surface area contributed by atoms with E-state index in [4.69, 9.17) is 18.9 Å². The first-order chi connectivity index (χ1) is 15.7. The third-order valence-corrected chi connectivity index (χ3v) is 5.13. The lowest BCUT2D eigenvalue weighted by Crippen LogP contribution is -2.19. The molecule has 3 aromatic rings. The molecule has 1 heterocycles. The molecule has 0 fully saturated rings. The van der Waals surface area contributed by atoms with Crippen molar-refractivity contribution < 1.29 is 23.7 Å². The van der Waals surface area contributed by atoms with Gasteiger partial charge in [-0.1, -0.05) is 18.2 Å². The van der Waals surface area contributed by atoms with Crippen molar-refractivity contribution in [3.05, 3.63) is 70.4 Å². The summed E-state index contributed by atoms with van der Waals surface area (Å²) in [6.07, 6.45) is 1.88. The number of carbonyl (C=O) groups is 1. The molecule has 168 valence electrons. The fourth-order valence-electron chi connectivity index (χ4n) is 2.82. The van der Waals surface area contributed by atoms with E-state index < -0.39 is 0 Å². The van der Waals surface area contributed by atoms with Crippen molar-refractivity contribution in [2.75, 3.05) is 26.9 Å². The number of hydrazone groups is 1. The minimum absolute atomic E-state index is 0.163. The largest absolute Gasteiger partial charge is 0.493 e. The van der Waals surface area contributed by atoms with E-state index in [0.717, 1.165) is 10.4 Å². The molecule has 3 rings (SSSR count). The van der Waals surface area contributed by atoms with Crippen LogP contribution in [0.1, 0.15) is 17.4 Å². The van der Waals surface area contributed by atoms with Crippen LogP contribution in [-0.4, -0.2) is 39.1 Å².